The van der Waals surface area contributed by atoms with Crippen LogP contribution in [0.15, 0.2) is 24.3 Å². The molecule has 0 N–H and O–H groups in total. The first-order chi connectivity index (χ1) is 13.6. The molecule has 3 aromatic rings. The highest BCUT2D eigenvalue weighted by molar-refractivity contribution is 5.59. The van der Waals surface area contributed by atoms with Gasteiger partial charge in [0, 0.05) is 43.3 Å². The largest absolute Gasteiger partial charge is 0.365 e. The van der Waals surface area contributed by atoms with Gasteiger partial charge < -0.3 is 9.80 Å². The normalized spacial score (nSPS) is 19.5. The summed E-state index contributed by atoms with van der Waals surface area (Å²) in [6.07, 6.45) is 4.18. The van der Waals surface area contributed by atoms with Crippen molar-refractivity contribution in [1.82, 2.24) is 19.6 Å². The molecule has 2 aromatic heterocycles. The molecular formula is C22H28N6. The van der Waals surface area contributed by atoms with Crippen LogP contribution in [0.3, 0.4) is 0 Å². The number of aromatic nitrogens is 4. The molecule has 0 bridgehead atoms. The first kappa shape index (κ1) is 17.5. The third-order valence-electron chi connectivity index (χ3n) is 6.10. The van der Waals surface area contributed by atoms with Gasteiger partial charge in [0.1, 0.15) is 5.82 Å². The van der Waals surface area contributed by atoms with Crippen LogP contribution in [0.4, 0.5) is 11.5 Å². The smallest absolute Gasteiger partial charge is 0.254 e. The highest BCUT2D eigenvalue weighted by atomic mass is 15.4. The molecule has 1 aliphatic carbocycles. The average Bonchev–Trinajstić information content (AvgIpc) is 3.31. The maximum atomic E-state index is 4.82. The maximum Gasteiger partial charge on any atom is 0.254 e. The van der Waals surface area contributed by atoms with Crippen molar-refractivity contribution in [2.75, 3.05) is 29.4 Å². The van der Waals surface area contributed by atoms with Crippen LogP contribution in [0.5, 0.6) is 0 Å². The molecule has 5 rings (SSSR count). The number of hydrogen-bond acceptors (Lipinski definition) is 5. The van der Waals surface area contributed by atoms with E-state index in [-0.39, 0.29) is 0 Å². The lowest BCUT2D eigenvalue weighted by Crippen LogP contribution is -2.53. The molecule has 3 heterocycles. The van der Waals surface area contributed by atoms with E-state index >= 15 is 0 Å². The van der Waals surface area contributed by atoms with Gasteiger partial charge in [-0.3, -0.25) is 0 Å². The number of hydrogen-bond donors (Lipinski definition) is 0. The van der Waals surface area contributed by atoms with E-state index in [0.29, 0.717) is 6.04 Å². The highest BCUT2D eigenvalue weighted by Crippen LogP contribution is 2.33. The summed E-state index contributed by atoms with van der Waals surface area (Å²) < 4.78 is 2.01. The summed E-state index contributed by atoms with van der Waals surface area (Å²) in [6, 6.07) is 9.28. The summed E-state index contributed by atoms with van der Waals surface area (Å²) in [7, 11) is 0. The summed E-state index contributed by atoms with van der Waals surface area (Å²) in [5, 5.41) is 4.79. The quantitative estimate of drug-likeness (QED) is 0.703. The van der Waals surface area contributed by atoms with E-state index in [1.165, 1.54) is 34.7 Å². The van der Waals surface area contributed by atoms with Crippen molar-refractivity contribution in [2.45, 2.75) is 52.5 Å². The molecule has 1 fully saturated rings. The lowest BCUT2D eigenvalue weighted by atomic mass is 10.1. The second-order valence-electron chi connectivity index (χ2n) is 8.14. The van der Waals surface area contributed by atoms with Crippen LogP contribution in [-0.2, 0) is 19.3 Å². The number of piperazine rings is 1. The molecule has 0 amide bonds. The number of nitrogens with zero attached hydrogens (tertiary/aromatic N) is 6. The Kier molecular flexibility index (Phi) is 4.22. The molecule has 0 spiro atoms. The SMILES string of the molecule is CCc1nc2nc3c(c(N4CCN(c5cccc(C)c5)C(C)C4)n2n1)CCC3. The van der Waals surface area contributed by atoms with E-state index in [1.54, 1.807) is 0 Å². The van der Waals surface area contributed by atoms with E-state index in [1.807, 2.05) is 4.52 Å². The van der Waals surface area contributed by atoms with Gasteiger partial charge in [-0.05, 0) is 50.8 Å². The highest BCUT2D eigenvalue weighted by Gasteiger charge is 2.30. The summed E-state index contributed by atoms with van der Waals surface area (Å²) in [6.45, 7) is 9.58. The summed E-state index contributed by atoms with van der Waals surface area (Å²) >= 11 is 0. The van der Waals surface area contributed by atoms with Crippen LogP contribution in [0.2, 0.25) is 0 Å². The van der Waals surface area contributed by atoms with Crippen LogP contribution in [0, 0.1) is 6.92 Å². The third-order valence-corrected chi connectivity index (χ3v) is 6.10. The number of aryl methyl sites for hydroxylation is 3. The Bertz CT molecular complexity index is 1020. The fraction of sp³-hybridized carbons (Fsp3) is 0.500. The van der Waals surface area contributed by atoms with Crippen molar-refractivity contribution < 1.29 is 0 Å². The topological polar surface area (TPSA) is 49.6 Å². The van der Waals surface area contributed by atoms with Crippen molar-refractivity contribution >= 4 is 17.3 Å². The Morgan fingerprint density at radius 1 is 1.14 bits per heavy atom. The molecule has 6 nitrogen and oxygen atoms in total. The van der Waals surface area contributed by atoms with Gasteiger partial charge in [0.2, 0.25) is 0 Å². The summed E-state index contributed by atoms with van der Waals surface area (Å²) in [5.41, 5.74) is 5.25. The van der Waals surface area contributed by atoms with Gasteiger partial charge in [-0.15, -0.1) is 5.10 Å². The fourth-order valence-electron chi connectivity index (χ4n) is 4.72. The van der Waals surface area contributed by atoms with E-state index in [9.17, 15) is 0 Å². The van der Waals surface area contributed by atoms with E-state index in [4.69, 9.17) is 10.1 Å². The van der Waals surface area contributed by atoms with Gasteiger partial charge in [0.05, 0.1) is 5.69 Å². The lowest BCUT2D eigenvalue weighted by Gasteiger charge is -2.42. The first-order valence-corrected chi connectivity index (χ1v) is 10.5. The minimum absolute atomic E-state index is 0.435. The standard InChI is InChI=1S/C22H28N6/c1-4-20-24-22-23-19-10-6-9-18(19)21(28(22)25-20)26-11-12-27(16(3)14-26)17-8-5-7-15(2)13-17/h5,7-8,13,16H,4,6,9-12,14H2,1-3H3. The molecule has 1 unspecified atom stereocenters. The summed E-state index contributed by atoms with van der Waals surface area (Å²) in [5.74, 6) is 2.88. The molecule has 6 heteroatoms. The Labute approximate surface area is 166 Å². The fourth-order valence-corrected chi connectivity index (χ4v) is 4.72. The predicted molar refractivity (Wildman–Crippen MR) is 112 cm³/mol. The Hall–Kier alpha value is -2.63. The third kappa shape index (κ3) is 2.82. The van der Waals surface area contributed by atoms with Crippen LogP contribution in [0.1, 0.15) is 42.9 Å². The second kappa shape index (κ2) is 6.76. The molecule has 146 valence electrons. The van der Waals surface area contributed by atoms with Crippen molar-refractivity contribution in [3.63, 3.8) is 0 Å². The number of fused-ring (bicyclic) bond motifs is 2. The minimum Gasteiger partial charge on any atom is -0.365 e. The van der Waals surface area contributed by atoms with Crippen molar-refractivity contribution in [3.05, 3.63) is 46.9 Å². The molecule has 1 aromatic carbocycles. The molecule has 0 saturated carbocycles. The number of benzene rings is 1. The molecule has 2 aliphatic rings. The second-order valence-corrected chi connectivity index (χ2v) is 8.14. The van der Waals surface area contributed by atoms with Gasteiger partial charge in [0.15, 0.2) is 5.82 Å². The van der Waals surface area contributed by atoms with Gasteiger partial charge in [-0.1, -0.05) is 19.1 Å². The average molecular weight is 377 g/mol. The van der Waals surface area contributed by atoms with E-state index in [2.05, 4.69) is 59.8 Å². The molecule has 0 radical (unpaired) electrons. The van der Waals surface area contributed by atoms with E-state index in [0.717, 1.165) is 50.5 Å². The molecular weight excluding hydrogens is 348 g/mol. The van der Waals surface area contributed by atoms with Crippen molar-refractivity contribution in [1.29, 1.82) is 0 Å². The van der Waals surface area contributed by atoms with Crippen LogP contribution in [-0.4, -0.2) is 45.3 Å². The number of rotatable bonds is 3. The van der Waals surface area contributed by atoms with Crippen molar-refractivity contribution in [3.8, 4) is 0 Å². The minimum atomic E-state index is 0.435. The zero-order valence-corrected chi connectivity index (χ0v) is 17.0. The zero-order chi connectivity index (χ0) is 19.3. The van der Waals surface area contributed by atoms with Gasteiger partial charge in [0.25, 0.3) is 5.78 Å². The Balaban J connectivity index is 1.51. The van der Waals surface area contributed by atoms with Crippen LogP contribution >= 0.6 is 0 Å². The van der Waals surface area contributed by atoms with Gasteiger partial charge in [-0.2, -0.15) is 9.50 Å². The Morgan fingerprint density at radius 2 is 2.04 bits per heavy atom. The molecule has 1 atom stereocenters. The maximum absolute atomic E-state index is 4.82. The van der Waals surface area contributed by atoms with Gasteiger partial charge >= 0.3 is 0 Å². The van der Waals surface area contributed by atoms with Gasteiger partial charge in [-0.25, -0.2) is 4.98 Å². The van der Waals surface area contributed by atoms with Crippen LogP contribution < -0.4 is 9.80 Å². The monoisotopic (exact) mass is 376 g/mol. The Morgan fingerprint density at radius 3 is 2.82 bits per heavy atom. The lowest BCUT2D eigenvalue weighted by molar-refractivity contribution is 0.541. The zero-order valence-electron chi connectivity index (χ0n) is 17.0. The first-order valence-electron chi connectivity index (χ1n) is 10.5. The number of anilines is 2. The van der Waals surface area contributed by atoms with Crippen LogP contribution in [0.25, 0.3) is 5.78 Å². The predicted octanol–water partition coefficient (Wildman–Crippen LogP) is 3.20. The molecule has 1 aliphatic heterocycles. The molecule has 28 heavy (non-hydrogen) atoms. The van der Waals surface area contributed by atoms with Crippen molar-refractivity contribution in [2.24, 2.45) is 0 Å². The van der Waals surface area contributed by atoms with E-state index < -0.39 is 0 Å². The molecule has 1 saturated heterocycles. The summed E-state index contributed by atoms with van der Waals surface area (Å²) in [4.78, 5) is 14.5.